The minimum absolute atomic E-state index is 0.0890. The highest BCUT2D eigenvalue weighted by atomic mass is 32.2. The van der Waals surface area contributed by atoms with E-state index in [-0.39, 0.29) is 11.8 Å². The number of hydrogen-bond donors (Lipinski definition) is 1. The first-order chi connectivity index (χ1) is 20.8. The minimum atomic E-state index is -4.17. The van der Waals surface area contributed by atoms with Crippen LogP contribution >= 0.6 is 0 Å². The fraction of sp³-hybridized carbons (Fsp3) is 0.241. The Morgan fingerprint density at radius 1 is 0.837 bits per heavy atom. The second kappa shape index (κ2) is 12.5. The maximum Gasteiger partial charge on any atom is 0.243 e. The van der Waals surface area contributed by atoms with Gasteiger partial charge in [-0.15, -0.1) is 10.2 Å². The van der Waals surface area contributed by atoms with E-state index >= 15 is 0 Å². The number of methoxy groups -OCH3 is 3. The Kier molecular flexibility index (Phi) is 8.59. The first-order valence-electron chi connectivity index (χ1n) is 13.1. The van der Waals surface area contributed by atoms with Crippen LogP contribution in [0.3, 0.4) is 0 Å². The highest BCUT2D eigenvalue weighted by Gasteiger charge is 2.35. The van der Waals surface area contributed by atoms with E-state index in [1.807, 2.05) is 25.1 Å². The van der Waals surface area contributed by atoms with Crippen LogP contribution in [0, 0.1) is 6.92 Å². The van der Waals surface area contributed by atoms with Crippen molar-refractivity contribution in [3.05, 3.63) is 85.0 Å². The molecule has 5 rings (SSSR count). The quantitative estimate of drug-likeness (QED) is 0.233. The molecule has 0 bridgehead atoms. The lowest BCUT2D eigenvalue weighted by Gasteiger charge is -2.23. The van der Waals surface area contributed by atoms with Crippen LogP contribution in [-0.2, 0) is 14.8 Å². The van der Waals surface area contributed by atoms with Gasteiger partial charge in [0.2, 0.25) is 16.0 Å². The number of anilines is 1. The Hall–Kier alpha value is -4.95. The van der Waals surface area contributed by atoms with Crippen LogP contribution in [0.2, 0.25) is 0 Å². The number of pyridine rings is 2. The molecular weight excluding hydrogens is 572 g/mol. The van der Waals surface area contributed by atoms with Crippen LogP contribution in [0.4, 0.5) is 5.95 Å². The fourth-order valence-electron chi connectivity index (χ4n) is 4.54. The molecule has 43 heavy (non-hydrogen) atoms. The Morgan fingerprint density at radius 2 is 1.53 bits per heavy atom. The van der Waals surface area contributed by atoms with Gasteiger partial charge in [0.1, 0.15) is 28.5 Å². The minimum Gasteiger partial charge on any atom is -0.494 e. The van der Waals surface area contributed by atoms with E-state index in [4.69, 9.17) is 14.2 Å². The summed E-state index contributed by atoms with van der Waals surface area (Å²) in [6, 6.07) is 10.8. The van der Waals surface area contributed by atoms with Crippen molar-refractivity contribution in [1.82, 2.24) is 34.7 Å². The molecule has 4 heterocycles. The molecule has 0 aliphatic rings. The highest BCUT2D eigenvalue weighted by molar-refractivity contribution is 7.93. The van der Waals surface area contributed by atoms with Crippen LogP contribution in [0.25, 0.3) is 28.2 Å². The van der Waals surface area contributed by atoms with Crippen molar-refractivity contribution in [1.29, 1.82) is 0 Å². The Balaban J connectivity index is 1.54. The summed E-state index contributed by atoms with van der Waals surface area (Å²) < 4.78 is 48.7. The number of hydrogen-bond acceptors (Lipinski definition) is 11. The fourth-order valence-corrected chi connectivity index (χ4v) is 5.67. The third kappa shape index (κ3) is 6.01. The highest BCUT2D eigenvalue weighted by Crippen LogP contribution is 2.38. The van der Waals surface area contributed by atoms with Gasteiger partial charge in [-0.25, -0.2) is 18.4 Å². The average Bonchev–Trinajstić information content (AvgIpc) is 3.43. The summed E-state index contributed by atoms with van der Waals surface area (Å²) in [6.45, 7) is 3.40. The number of nitrogens with zero attached hydrogens (tertiary/aromatic N) is 7. The summed E-state index contributed by atoms with van der Waals surface area (Å²) >= 11 is 0. The maximum atomic E-state index is 13.8. The van der Waals surface area contributed by atoms with Gasteiger partial charge in [-0.3, -0.25) is 19.3 Å². The van der Waals surface area contributed by atoms with Crippen LogP contribution in [-0.4, -0.2) is 69.7 Å². The van der Waals surface area contributed by atoms with Crippen molar-refractivity contribution in [2.24, 2.45) is 0 Å². The molecule has 5 aromatic rings. The molecule has 2 atom stereocenters. The van der Waals surface area contributed by atoms with Crippen LogP contribution in [0.5, 0.6) is 11.5 Å². The first-order valence-corrected chi connectivity index (χ1v) is 14.7. The second-order valence-electron chi connectivity index (χ2n) is 9.52. The Labute approximate surface area is 249 Å². The van der Waals surface area contributed by atoms with Crippen LogP contribution in [0.15, 0.2) is 73.6 Å². The van der Waals surface area contributed by atoms with Gasteiger partial charge < -0.3 is 14.2 Å². The molecule has 13 nitrogen and oxygen atoms in total. The van der Waals surface area contributed by atoms with Gasteiger partial charge in [0.25, 0.3) is 0 Å². The zero-order valence-electron chi connectivity index (χ0n) is 24.2. The third-order valence-corrected chi connectivity index (χ3v) is 8.44. The van der Waals surface area contributed by atoms with E-state index in [2.05, 4.69) is 34.9 Å². The van der Waals surface area contributed by atoms with Crippen LogP contribution < -0.4 is 14.2 Å². The number of benzene rings is 1. The monoisotopic (exact) mass is 602 g/mol. The molecule has 1 aromatic carbocycles. The van der Waals surface area contributed by atoms with Gasteiger partial charge in [0.15, 0.2) is 11.6 Å². The van der Waals surface area contributed by atoms with E-state index in [1.54, 1.807) is 55.4 Å². The molecule has 0 spiro atoms. The predicted octanol–water partition coefficient (Wildman–Crippen LogP) is 4.02. The van der Waals surface area contributed by atoms with Gasteiger partial charge in [-0.1, -0.05) is 12.1 Å². The lowest BCUT2D eigenvalue weighted by molar-refractivity contribution is 0.0950. The molecule has 0 fully saturated rings. The third-order valence-electron chi connectivity index (χ3n) is 6.75. The summed E-state index contributed by atoms with van der Waals surface area (Å²) in [5.74, 6) is 1.25. The van der Waals surface area contributed by atoms with E-state index in [9.17, 15) is 8.42 Å². The number of nitrogens with one attached hydrogen (secondary N) is 1. The number of ether oxygens (including phenoxy) is 3. The van der Waals surface area contributed by atoms with Crippen molar-refractivity contribution >= 4 is 16.0 Å². The van der Waals surface area contributed by atoms with Gasteiger partial charge in [-0.2, -0.15) is 0 Å². The Bertz CT molecular complexity index is 1790. The molecule has 0 amide bonds. The predicted molar refractivity (Wildman–Crippen MR) is 159 cm³/mol. The van der Waals surface area contributed by atoms with Gasteiger partial charge in [0, 0.05) is 61.0 Å². The standard InChI is InChI=1S/C29H30N8O5S/c1-18-12-21(15-31-13-18)28-34-35-29(37(28)25-23(40-3)9-6-10-24(25)41-4)36-43(38,39)19(2)26(42-5)27-32-16-22(17-33-27)20-8-7-11-30-14-20/h6-17,19,26H,1-5H3,(H,35,36). The van der Waals surface area contributed by atoms with Crippen molar-refractivity contribution in [2.45, 2.75) is 25.2 Å². The van der Waals surface area contributed by atoms with E-state index in [1.165, 1.54) is 32.8 Å². The molecule has 0 radical (unpaired) electrons. The molecule has 2 unspecified atom stereocenters. The number of aryl methyl sites for hydroxylation is 1. The molecular formula is C29H30N8O5S. The summed E-state index contributed by atoms with van der Waals surface area (Å²) in [4.78, 5) is 17.2. The molecule has 4 aromatic heterocycles. The SMILES string of the molecule is COc1cccc(OC)c1-n1c(NS(=O)(=O)C(C)C(OC)c2ncc(-c3cccnc3)cn2)nnc1-c1cncc(C)c1. The lowest BCUT2D eigenvalue weighted by atomic mass is 10.1. The van der Waals surface area contributed by atoms with Gasteiger partial charge >= 0.3 is 0 Å². The molecule has 1 N–H and O–H groups in total. The van der Waals surface area contributed by atoms with E-state index < -0.39 is 21.4 Å². The molecule has 0 aliphatic heterocycles. The maximum absolute atomic E-state index is 13.8. The van der Waals surface area contributed by atoms with Crippen LogP contribution in [0.1, 0.15) is 24.4 Å². The molecule has 0 aliphatic carbocycles. The first kappa shape index (κ1) is 29.5. The molecule has 14 heteroatoms. The van der Waals surface area contributed by atoms with E-state index in [0.717, 1.165) is 16.7 Å². The number of para-hydroxylation sites is 1. The number of aromatic nitrogens is 7. The molecule has 0 saturated heterocycles. The van der Waals surface area contributed by atoms with E-state index in [0.29, 0.717) is 28.6 Å². The average molecular weight is 603 g/mol. The van der Waals surface area contributed by atoms with Crippen molar-refractivity contribution in [3.8, 4) is 39.7 Å². The van der Waals surface area contributed by atoms with Crippen molar-refractivity contribution in [2.75, 3.05) is 26.1 Å². The lowest BCUT2D eigenvalue weighted by Crippen LogP contribution is -2.33. The van der Waals surface area contributed by atoms with Crippen molar-refractivity contribution < 1.29 is 22.6 Å². The van der Waals surface area contributed by atoms with Gasteiger partial charge in [0.05, 0.1) is 14.2 Å². The topological polar surface area (TPSA) is 156 Å². The molecule has 222 valence electrons. The number of rotatable bonds is 11. The largest absolute Gasteiger partial charge is 0.494 e. The normalized spacial score (nSPS) is 12.9. The number of sulfonamides is 1. The summed E-state index contributed by atoms with van der Waals surface area (Å²) in [5, 5.41) is 7.42. The second-order valence-corrected chi connectivity index (χ2v) is 11.6. The summed E-state index contributed by atoms with van der Waals surface area (Å²) in [7, 11) is 0.246. The summed E-state index contributed by atoms with van der Waals surface area (Å²) in [6.07, 6.45) is 8.88. The zero-order chi connectivity index (χ0) is 30.6. The van der Waals surface area contributed by atoms with Crippen molar-refractivity contribution in [3.63, 3.8) is 0 Å². The summed E-state index contributed by atoms with van der Waals surface area (Å²) in [5.41, 5.74) is 3.45. The smallest absolute Gasteiger partial charge is 0.243 e. The molecule has 0 saturated carbocycles. The van der Waals surface area contributed by atoms with Gasteiger partial charge in [-0.05, 0) is 43.7 Å². The Morgan fingerprint density at radius 3 is 2.14 bits per heavy atom. The zero-order valence-corrected chi connectivity index (χ0v) is 25.0.